The second-order valence-electron chi connectivity index (χ2n) is 2.79. The molecule has 0 aliphatic heterocycles. The van der Waals surface area contributed by atoms with Crippen molar-refractivity contribution in [1.82, 2.24) is 0 Å². The maximum atomic E-state index is 3.38. The molecule has 1 N–H and O–H groups in total. The number of unbranched alkanes of at least 4 members (excludes halogenated alkanes) is 1. The average molecular weight is 275 g/mol. The number of hydrogen-bond acceptors (Lipinski definition) is 1. The molecule has 1 aromatic rings. The van der Waals surface area contributed by atoms with Crippen LogP contribution in [-0.4, -0.2) is 6.54 Å². The van der Waals surface area contributed by atoms with E-state index >= 15 is 0 Å². The van der Waals surface area contributed by atoms with Crippen molar-refractivity contribution in [2.24, 2.45) is 0 Å². The van der Waals surface area contributed by atoms with Crippen molar-refractivity contribution < 1.29 is 0 Å². The van der Waals surface area contributed by atoms with Crippen LogP contribution >= 0.6 is 22.6 Å². The van der Waals surface area contributed by atoms with Gasteiger partial charge in [0.25, 0.3) is 0 Å². The van der Waals surface area contributed by atoms with E-state index in [-0.39, 0.29) is 0 Å². The first kappa shape index (κ1) is 9.84. The Labute approximate surface area is 87.7 Å². The largest absolute Gasteiger partial charge is 0.385 e. The number of benzene rings is 1. The Morgan fingerprint density at radius 1 is 1.42 bits per heavy atom. The Kier molecular flexibility index (Phi) is 4.43. The summed E-state index contributed by atoms with van der Waals surface area (Å²) in [7, 11) is 0. The summed E-state index contributed by atoms with van der Waals surface area (Å²) in [4.78, 5) is 0. The fourth-order valence-corrected chi connectivity index (χ4v) is 1.55. The Morgan fingerprint density at radius 3 is 2.92 bits per heavy atom. The summed E-state index contributed by atoms with van der Waals surface area (Å²) in [5.74, 6) is 0. The third-order valence-corrected chi connectivity index (χ3v) is 2.36. The minimum atomic E-state index is 1.08. The minimum Gasteiger partial charge on any atom is -0.385 e. The molecule has 0 atom stereocenters. The van der Waals surface area contributed by atoms with Crippen LogP contribution in [0.4, 0.5) is 5.69 Å². The maximum Gasteiger partial charge on any atom is 0.0350 e. The van der Waals surface area contributed by atoms with Crippen molar-refractivity contribution in [2.75, 3.05) is 11.9 Å². The van der Waals surface area contributed by atoms with Crippen LogP contribution in [0.1, 0.15) is 19.8 Å². The lowest BCUT2D eigenvalue weighted by molar-refractivity contribution is 0.834. The SMILES string of the molecule is CCCCNc1cccc(I)c1. The highest BCUT2D eigenvalue weighted by Crippen LogP contribution is 2.12. The zero-order chi connectivity index (χ0) is 8.81. The first-order valence-electron chi connectivity index (χ1n) is 4.32. The van der Waals surface area contributed by atoms with Crippen molar-refractivity contribution in [2.45, 2.75) is 19.8 Å². The van der Waals surface area contributed by atoms with Gasteiger partial charge < -0.3 is 5.32 Å². The second kappa shape index (κ2) is 5.41. The molecule has 2 heteroatoms. The molecule has 66 valence electrons. The van der Waals surface area contributed by atoms with Crippen LogP contribution in [0, 0.1) is 3.57 Å². The molecule has 0 saturated heterocycles. The molecule has 0 amide bonds. The molecule has 0 fully saturated rings. The number of nitrogens with one attached hydrogen (secondary N) is 1. The Balaban J connectivity index is 2.41. The summed E-state index contributed by atoms with van der Waals surface area (Å²) in [6.07, 6.45) is 2.49. The average Bonchev–Trinajstić information content (AvgIpc) is 2.05. The van der Waals surface area contributed by atoms with Crippen LogP contribution in [0.5, 0.6) is 0 Å². The van der Waals surface area contributed by atoms with Gasteiger partial charge in [-0.3, -0.25) is 0 Å². The van der Waals surface area contributed by atoms with Crippen LogP contribution in [0.15, 0.2) is 24.3 Å². The fourth-order valence-electron chi connectivity index (χ4n) is 1.01. The fraction of sp³-hybridized carbons (Fsp3) is 0.400. The topological polar surface area (TPSA) is 12.0 Å². The molecular formula is C10H14IN. The molecule has 0 unspecified atom stereocenters. The molecule has 0 radical (unpaired) electrons. The van der Waals surface area contributed by atoms with Gasteiger partial charge in [0.15, 0.2) is 0 Å². The Morgan fingerprint density at radius 2 is 2.25 bits per heavy atom. The zero-order valence-electron chi connectivity index (χ0n) is 7.31. The molecule has 0 aliphatic rings. The van der Waals surface area contributed by atoms with Gasteiger partial charge in [0, 0.05) is 15.8 Å². The normalized spacial score (nSPS) is 9.83. The van der Waals surface area contributed by atoms with Gasteiger partial charge in [-0.25, -0.2) is 0 Å². The van der Waals surface area contributed by atoms with Crippen LogP contribution in [0.25, 0.3) is 0 Å². The van der Waals surface area contributed by atoms with E-state index < -0.39 is 0 Å². The molecule has 1 aromatic carbocycles. The summed E-state index contributed by atoms with van der Waals surface area (Å²) in [5.41, 5.74) is 1.23. The summed E-state index contributed by atoms with van der Waals surface area (Å²) >= 11 is 2.33. The van der Waals surface area contributed by atoms with Gasteiger partial charge in [-0.2, -0.15) is 0 Å². The summed E-state index contributed by atoms with van der Waals surface area (Å²) in [5, 5.41) is 3.38. The van der Waals surface area contributed by atoms with Crippen LogP contribution in [0.3, 0.4) is 0 Å². The highest BCUT2D eigenvalue weighted by Gasteiger charge is 1.90. The van der Waals surface area contributed by atoms with Crippen molar-refractivity contribution in [3.8, 4) is 0 Å². The van der Waals surface area contributed by atoms with Crippen molar-refractivity contribution in [1.29, 1.82) is 0 Å². The van der Waals surface area contributed by atoms with E-state index in [0.29, 0.717) is 0 Å². The molecule has 0 spiro atoms. The van der Waals surface area contributed by atoms with Crippen LogP contribution in [-0.2, 0) is 0 Å². The standard InChI is InChI=1S/C10H14IN/c1-2-3-7-12-10-6-4-5-9(11)8-10/h4-6,8,12H,2-3,7H2,1H3. The van der Waals surface area contributed by atoms with Crippen molar-refractivity contribution >= 4 is 28.3 Å². The Hall–Kier alpha value is -0.250. The molecule has 12 heavy (non-hydrogen) atoms. The van der Waals surface area contributed by atoms with Gasteiger partial charge in [-0.1, -0.05) is 19.4 Å². The number of halogens is 1. The monoisotopic (exact) mass is 275 g/mol. The van der Waals surface area contributed by atoms with Crippen LogP contribution in [0.2, 0.25) is 0 Å². The van der Waals surface area contributed by atoms with Gasteiger partial charge in [0.1, 0.15) is 0 Å². The van der Waals surface area contributed by atoms with Gasteiger partial charge >= 0.3 is 0 Å². The smallest absolute Gasteiger partial charge is 0.0350 e. The minimum absolute atomic E-state index is 1.08. The highest BCUT2D eigenvalue weighted by molar-refractivity contribution is 14.1. The lowest BCUT2D eigenvalue weighted by atomic mass is 10.3. The van der Waals surface area contributed by atoms with E-state index in [1.165, 1.54) is 22.1 Å². The lowest BCUT2D eigenvalue weighted by Gasteiger charge is -2.04. The van der Waals surface area contributed by atoms with E-state index in [4.69, 9.17) is 0 Å². The summed E-state index contributed by atoms with van der Waals surface area (Å²) in [6, 6.07) is 8.45. The predicted molar refractivity (Wildman–Crippen MR) is 62.6 cm³/mol. The molecule has 0 aliphatic carbocycles. The zero-order valence-corrected chi connectivity index (χ0v) is 9.47. The third kappa shape index (κ3) is 3.43. The van der Waals surface area contributed by atoms with Gasteiger partial charge in [0.2, 0.25) is 0 Å². The summed E-state index contributed by atoms with van der Waals surface area (Å²) in [6.45, 7) is 3.28. The third-order valence-electron chi connectivity index (χ3n) is 1.68. The molecule has 0 bridgehead atoms. The van der Waals surface area contributed by atoms with Gasteiger partial charge in [-0.05, 0) is 47.2 Å². The maximum absolute atomic E-state index is 3.38. The predicted octanol–water partition coefficient (Wildman–Crippen LogP) is 3.50. The Bertz CT molecular complexity index is 235. The number of hydrogen-bond donors (Lipinski definition) is 1. The van der Waals surface area contributed by atoms with Crippen molar-refractivity contribution in [3.63, 3.8) is 0 Å². The first-order chi connectivity index (χ1) is 5.83. The summed E-state index contributed by atoms with van der Waals surface area (Å²) < 4.78 is 1.29. The van der Waals surface area contributed by atoms with Gasteiger partial charge in [-0.15, -0.1) is 0 Å². The van der Waals surface area contributed by atoms with E-state index in [0.717, 1.165) is 6.54 Å². The van der Waals surface area contributed by atoms with Crippen LogP contribution < -0.4 is 5.32 Å². The first-order valence-corrected chi connectivity index (χ1v) is 5.40. The highest BCUT2D eigenvalue weighted by atomic mass is 127. The molecular weight excluding hydrogens is 261 g/mol. The number of rotatable bonds is 4. The lowest BCUT2D eigenvalue weighted by Crippen LogP contribution is -2.00. The van der Waals surface area contributed by atoms with Crippen molar-refractivity contribution in [3.05, 3.63) is 27.8 Å². The van der Waals surface area contributed by atoms with Gasteiger partial charge in [0.05, 0.1) is 0 Å². The molecule has 1 nitrogen and oxygen atoms in total. The molecule has 0 aromatic heterocycles. The van der Waals surface area contributed by atoms with E-state index in [1.807, 2.05) is 0 Å². The van der Waals surface area contributed by atoms with E-state index in [2.05, 4.69) is 59.1 Å². The van der Waals surface area contributed by atoms with E-state index in [9.17, 15) is 0 Å². The molecule has 1 rings (SSSR count). The quantitative estimate of drug-likeness (QED) is 0.655. The van der Waals surface area contributed by atoms with E-state index in [1.54, 1.807) is 0 Å². The molecule has 0 saturated carbocycles. The molecule has 0 heterocycles. The number of anilines is 1. The second-order valence-corrected chi connectivity index (χ2v) is 4.04.